The molecule has 2 aromatic rings. The van der Waals surface area contributed by atoms with Crippen molar-refractivity contribution in [3.63, 3.8) is 0 Å². The summed E-state index contributed by atoms with van der Waals surface area (Å²) >= 11 is 1.68. The zero-order valence-corrected chi connectivity index (χ0v) is 10.6. The van der Waals surface area contributed by atoms with E-state index < -0.39 is 0 Å². The van der Waals surface area contributed by atoms with Gasteiger partial charge in [-0.05, 0) is 38.0 Å². The first-order chi connectivity index (χ1) is 7.65. The lowest BCUT2D eigenvalue weighted by atomic mass is 10.1. The molecule has 0 saturated heterocycles. The number of hydrogen-bond donors (Lipinski definition) is 0. The van der Waals surface area contributed by atoms with Gasteiger partial charge in [0.05, 0.1) is 9.88 Å². The second-order valence-electron chi connectivity index (χ2n) is 3.90. The van der Waals surface area contributed by atoms with Gasteiger partial charge in [0.2, 0.25) is 0 Å². The highest BCUT2D eigenvalue weighted by Gasteiger charge is 2.02. The smallest absolute Gasteiger partial charge is 0.124 e. The van der Waals surface area contributed by atoms with Crippen molar-refractivity contribution in [1.29, 1.82) is 0 Å². The van der Waals surface area contributed by atoms with Gasteiger partial charge < -0.3 is 4.74 Å². The lowest BCUT2D eigenvalue weighted by Crippen LogP contribution is -1.95. The number of aryl methyl sites for hydroxylation is 3. The van der Waals surface area contributed by atoms with E-state index in [0.29, 0.717) is 6.61 Å². The summed E-state index contributed by atoms with van der Waals surface area (Å²) in [6, 6.07) is 6.25. The maximum Gasteiger partial charge on any atom is 0.124 e. The van der Waals surface area contributed by atoms with Gasteiger partial charge in [-0.2, -0.15) is 0 Å². The molecule has 3 heteroatoms. The van der Waals surface area contributed by atoms with Gasteiger partial charge >= 0.3 is 0 Å². The lowest BCUT2D eigenvalue weighted by Gasteiger charge is -2.08. The van der Waals surface area contributed by atoms with Crippen molar-refractivity contribution in [2.24, 2.45) is 0 Å². The van der Waals surface area contributed by atoms with Gasteiger partial charge in [-0.25, -0.2) is 4.98 Å². The topological polar surface area (TPSA) is 22.1 Å². The van der Waals surface area contributed by atoms with Crippen molar-refractivity contribution >= 4 is 11.3 Å². The first-order valence-electron chi connectivity index (χ1n) is 5.26. The number of aromatic nitrogens is 1. The fourth-order valence-electron chi connectivity index (χ4n) is 1.48. The summed E-state index contributed by atoms with van der Waals surface area (Å²) in [6.07, 6.45) is 1.88. The Morgan fingerprint density at radius 2 is 2.06 bits per heavy atom. The normalized spacial score (nSPS) is 10.4. The van der Waals surface area contributed by atoms with E-state index in [1.165, 1.54) is 16.0 Å². The van der Waals surface area contributed by atoms with E-state index in [1.54, 1.807) is 11.3 Å². The predicted molar refractivity (Wildman–Crippen MR) is 67.1 cm³/mol. The van der Waals surface area contributed by atoms with Crippen LogP contribution in [0.25, 0.3) is 0 Å². The van der Waals surface area contributed by atoms with Crippen LogP contribution < -0.4 is 4.74 Å². The molecule has 0 aliphatic heterocycles. The molecular formula is C13H15NOS. The van der Waals surface area contributed by atoms with Crippen LogP contribution >= 0.6 is 11.3 Å². The van der Waals surface area contributed by atoms with E-state index in [4.69, 9.17) is 4.74 Å². The van der Waals surface area contributed by atoms with Crippen LogP contribution in [0.2, 0.25) is 0 Å². The van der Waals surface area contributed by atoms with Crippen LogP contribution in [0.1, 0.15) is 21.0 Å². The molecule has 0 unspecified atom stereocenters. The monoisotopic (exact) mass is 233 g/mol. The Kier molecular flexibility index (Phi) is 3.25. The first-order valence-corrected chi connectivity index (χ1v) is 6.08. The second kappa shape index (κ2) is 4.66. The van der Waals surface area contributed by atoms with Crippen LogP contribution in [0.15, 0.2) is 24.4 Å². The largest absolute Gasteiger partial charge is 0.488 e. The van der Waals surface area contributed by atoms with Gasteiger partial charge in [0.1, 0.15) is 12.4 Å². The zero-order valence-electron chi connectivity index (χ0n) is 9.78. The average Bonchev–Trinajstić information content (AvgIpc) is 2.66. The average molecular weight is 233 g/mol. The number of thiazole rings is 1. The Hall–Kier alpha value is -1.35. The number of ether oxygens (including phenoxy) is 1. The maximum atomic E-state index is 5.79. The van der Waals surface area contributed by atoms with Gasteiger partial charge in [-0.3, -0.25) is 0 Å². The Bertz CT molecular complexity index is 490. The molecule has 0 saturated carbocycles. The Morgan fingerprint density at radius 1 is 1.25 bits per heavy atom. The molecule has 2 rings (SSSR count). The van der Waals surface area contributed by atoms with Crippen LogP contribution in [0, 0.1) is 20.8 Å². The van der Waals surface area contributed by atoms with Gasteiger partial charge in [0, 0.05) is 6.20 Å². The Morgan fingerprint density at radius 3 is 2.75 bits per heavy atom. The fraction of sp³-hybridized carbons (Fsp3) is 0.308. The number of benzene rings is 1. The van der Waals surface area contributed by atoms with Gasteiger partial charge in [0.15, 0.2) is 0 Å². The van der Waals surface area contributed by atoms with Crippen molar-refractivity contribution in [2.45, 2.75) is 27.4 Å². The molecule has 0 bridgehead atoms. The van der Waals surface area contributed by atoms with Crippen LogP contribution in [-0.4, -0.2) is 4.98 Å². The van der Waals surface area contributed by atoms with Crippen LogP contribution in [-0.2, 0) is 6.61 Å². The molecular weight excluding hydrogens is 218 g/mol. The quantitative estimate of drug-likeness (QED) is 0.807. The highest BCUT2D eigenvalue weighted by atomic mass is 32.1. The molecule has 0 fully saturated rings. The molecule has 0 aliphatic rings. The summed E-state index contributed by atoms with van der Waals surface area (Å²) in [5.41, 5.74) is 2.40. The van der Waals surface area contributed by atoms with E-state index in [2.05, 4.69) is 37.0 Å². The first kappa shape index (κ1) is 11.1. The highest BCUT2D eigenvalue weighted by Crippen LogP contribution is 2.21. The van der Waals surface area contributed by atoms with Gasteiger partial charge in [0.25, 0.3) is 0 Å². The van der Waals surface area contributed by atoms with Crippen molar-refractivity contribution in [1.82, 2.24) is 4.98 Å². The molecule has 1 aromatic carbocycles. The zero-order chi connectivity index (χ0) is 11.5. The van der Waals surface area contributed by atoms with Crippen molar-refractivity contribution in [2.75, 3.05) is 0 Å². The molecule has 0 radical (unpaired) electrons. The summed E-state index contributed by atoms with van der Waals surface area (Å²) in [6.45, 7) is 6.75. The van der Waals surface area contributed by atoms with Crippen LogP contribution in [0.5, 0.6) is 5.75 Å². The molecule has 84 valence electrons. The second-order valence-corrected chi connectivity index (χ2v) is 5.22. The maximum absolute atomic E-state index is 5.79. The van der Waals surface area contributed by atoms with E-state index in [0.717, 1.165) is 10.8 Å². The van der Waals surface area contributed by atoms with E-state index in [9.17, 15) is 0 Å². The van der Waals surface area contributed by atoms with Gasteiger partial charge in [-0.15, -0.1) is 11.3 Å². The molecule has 0 spiro atoms. The Balaban J connectivity index is 2.07. The van der Waals surface area contributed by atoms with Crippen molar-refractivity contribution in [3.8, 4) is 5.75 Å². The summed E-state index contributed by atoms with van der Waals surface area (Å²) in [5.74, 6) is 0.964. The van der Waals surface area contributed by atoms with E-state index in [1.807, 2.05) is 13.1 Å². The van der Waals surface area contributed by atoms with E-state index in [-0.39, 0.29) is 0 Å². The summed E-state index contributed by atoms with van der Waals surface area (Å²) in [4.78, 5) is 5.37. The molecule has 1 aromatic heterocycles. The third kappa shape index (κ3) is 2.61. The van der Waals surface area contributed by atoms with Crippen molar-refractivity contribution < 1.29 is 4.74 Å². The summed E-state index contributed by atoms with van der Waals surface area (Å²) < 4.78 is 5.79. The molecule has 0 aliphatic carbocycles. The predicted octanol–water partition coefficient (Wildman–Crippen LogP) is 3.65. The SMILES string of the molecule is Cc1ccc(C)c(OCc2cnc(C)s2)c1. The highest BCUT2D eigenvalue weighted by molar-refractivity contribution is 7.11. The number of nitrogens with zero attached hydrogens (tertiary/aromatic N) is 1. The van der Waals surface area contributed by atoms with Gasteiger partial charge in [-0.1, -0.05) is 12.1 Å². The molecule has 2 nitrogen and oxygen atoms in total. The summed E-state index contributed by atoms with van der Waals surface area (Å²) in [5, 5.41) is 1.08. The minimum Gasteiger partial charge on any atom is -0.488 e. The molecule has 16 heavy (non-hydrogen) atoms. The Labute approximate surface area is 99.9 Å². The minimum absolute atomic E-state index is 0.607. The van der Waals surface area contributed by atoms with Crippen molar-refractivity contribution in [3.05, 3.63) is 45.4 Å². The number of rotatable bonds is 3. The molecule has 0 atom stereocenters. The third-order valence-electron chi connectivity index (χ3n) is 2.38. The van der Waals surface area contributed by atoms with E-state index >= 15 is 0 Å². The minimum atomic E-state index is 0.607. The molecule has 0 amide bonds. The lowest BCUT2D eigenvalue weighted by molar-refractivity contribution is 0.307. The fourth-order valence-corrected chi connectivity index (χ4v) is 2.19. The van der Waals surface area contributed by atoms with Crippen LogP contribution in [0.4, 0.5) is 0 Å². The molecule has 1 heterocycles. The summed E-state index contributed by atoms with van der Waals surface area (Å²) in [7, 11) is 0. The number of hydrogen-bond acceptors (Lipinski definition) is 3. The molecule has 0 N–H and O–H groups in total. The standard InChI is InChI=1S/C13H15NOS/c1-9-4-5-10(2)13(6-9)15-8-12-7-14-11(3)16-12/h4-7H,8H2,1-3H3. The van der Waals surface area contributed by atoms with Crippen LogP contribution in [0.3, 0.4) is 0 Å². The third-order valence-corrected chi connectivity index (χ3v) is 3.27.